The first-order valence-corrected chi connectivity index (χ1v) is 13.6. The monoisotopic (exact) mass is 471 g/mol. The lowest BCUT2D eigenvalue weighted by Crippen LogP contribution is -2.91. The average molecular weight is 472 g/mol. The highest BCUT2D eigenvalue weighted by atomic mass is 16.3. The number of fused-ring (bicyclic) bond motifs is 1. The fourth-order valence-electron chi connectivity index (χ4n) is 11.1. The molecule has 6 heteroatoms. The lowest BCUT2D eigenvalue weighted by molar-refractivity contribution is -0.319. The number of rotatable bonds is 4. The number of benzene rings is 1. The zero-order chi connectivity index (χ0) is 23.9. The maximum Gasteiger partial charge on any atom is 0.226 e. The standard InChI is InChI=1S/C29H37N5O/c1-17-11-18(2)31-26(30-17)34-15-20-14-27-8-7-23(34)24(20)29(27)22-12-21(35)6-5-19(22)13-28(29)16-33(25(27)28)10-9-32(3)4/h5-6,11-12,20,23-25,35H,7-10,13-16H2,1-4H3/t20-,23?,24?,25?,27?,28?,29?/m1/s1. The van der Waals surface area contributed by atoms with Crippen LogP contribution in [0.2, 0.25) is 0 Å². The molecule has 6 nitrogen and oxygen atoms in total. The summed E-state index contributed by atoms with van der Waals surface area (Å²) in [5.41, 5.74) is 6.12. The van der Waals surface area contributed by atoms with E-state index in [0.717, 1.165) is 30.4 Å². The second kappa shape index (κ2) is 6.38. The third-order valence-corrected chi connectivity index (χ3v) is 11.3. The molecule has 0 amide bonds. The molecule has 35 heavy (non-hydrogen) atoms. The van der Waals surface area contributed by atoms with Crippen LogP contribution in [0.1, 0.15) is 41.8 Å². The van der Waals surface area contributed by atoms with Gasteiger partial charge in [-0.1, -0.05) is 6.07 Å². The number of aromatic hydroxyl groups is 1. The Morgan fingerprint density at radius 2 is 1.91 bits per heavy atom. The summed E-state index contributed by atoms with van der Waals surface area (Å²) < 4.78 is 0. The molecule has 184 valence electrons. The van der Waals surface area contributed by atoms with Crippen LogP contribution >= 0.6 is 0 Å². The van der Waals surface area contributed by atoms with Crippen molar-refractivity contribution in [1.82, 2.24) is 19.8 Å². The molecule has 6 unspecified atom stereocenters. The van der Waals surface area contributed by atoms with Crippen molar-refractivity contribution in [2.45, 2.75) is 57.0 Å². The van der Waals surface area contributed by atoms with Crippen molar-refractivity contribution in [1.29, 1.82) is 0 Å². The molecule has 1 aromatic heterocycles. The number of hydrogen-bond donors (Lipinski definition) is 1. The van der Waals surface area contributed by atoms with E-state index in [0.29, 0.717) is 40.5 Å². The maximum absolute atomic E-state index is 10.7. The van der Waals surface area contributed by atoms with E-state index >= 15 is 0 Å². The summed E-state index contributed by atoms with van der Waals surface area (Å²) in [5, 5.41) is 10.7. The first kappa shape index (κ1) is 21.0. The molecule has 4 aliphatic carbocycles. The quantitative estimate of drug-likeness (QED) is 0.740. The zero-order valence-electron chi connectivity index (χ0n) is 21.5. The minimum absolute atomic E-state index is 0.217. The zero-order valence-corrected chi connectivity index (χ0v) is 21.5. The van der Waals surface area contributed by atoms with Gasteiger partial charge in [-0.15, -0.1) is 0 Å². The highest BCUT2D eigenvalue weighted by molar-refractivity contribution is 5.62. The Hall–Kier alpha value is -2.18. The number of aryl methyl sites for hydroxylation is 2. The van der Waals surface area contributed by atoms with Crippen LogP contribution in [0.25, 0.3) is 0 Å². The average Bonchev–Trinajstić information content (AvgIpc) is 3.29. The van der Waals surface area contributed by atoms with Gasteiger partial charge < -0.3 is 14.9 Å². The third-order valence-electron chi connectivity index (χ3n) is 11.3. The van der Waals surface area contributed by atoms with Gasteiger partial charge in [-0.3, -0.25) is 4.90 Å². The Kier molecular flexibility index (Phi) is 3.82. The Balaban J connectivity index is 1.26. The molecule has 1 aromatic carbocycles. The van der Waals surface area contributed by atoms with Crippen molar-refractivity contribution >= 4 is 5.95 Å². The Labute approximate surface area is 208 Å². The van der Waals surface area contributed by atoms with Crippen molar-refractivity contribution in [3.63, 3.8) is 0 Å². The smallest absolute Gasteiger partial charge is 0.226 e. The van der Waals surface area contributed by atoms with E-state index in [1.165, 1.54) is 49.9 Å². The number of nitrogens with zero attached hydrogens (tertiary/aromatic N) is 5. The van der Waals surface area contributed by atoms with Gasteiger partial charge in [-0.05, 0) is 100 Å². The molecular weight excluding hydrogens is 434 g/mol. The van der Waals surface area contributed by atoms with Crippen molar-refractivity contribution in [3.8, 4) is 5.75 Å². The van der Waals surface area contributed by atoms with Crippen LogP contribution in [0.5, 0.6) is 5.75 Å². The van der Waals surface area contributed by atoms with Gasteiger partial charge in [-0.25, -0.2) is 9.97 Å². The number of phenolic OH excluding ortho intramolecular Hbond substituents is 1. The fourth-order valence-corrected chi connectivity index (χ4v) is 11.1. The molecule has 6 aliphatic rings. The van der Waals surface area contributed by atoms with Gasteiger partial charge in [0.25, 0.3) is 0 Å². The number of likely N-dealkylation sites (N-methyl/N-ethyl adjacent to an activating group) is 1. The minimum Gasteiger partial charge on any atom is -0.508 e. The van der Waals surface area contributed by atoms with Crippen LogP contribution in [0, 0.1) is 36.5 Å². The van der Waals surface area contributed by atoms with Gasteiger partial charge in [0.15, 0.2) is 0 Å². The van der Waals surface area contributed by atoms with E-state index in [4.69, 9.17) is 9.97 Å². The van der Waals surface area contributed by atoms with Crippen LogP contribution in [0.15, 0.2) is 24.3 Å². The third kappa shape index (κ3) is 2.15. The normalized spacial score (nSPS) is 41.8. The van der Waals surface area contributed by atoms with Crippen molar-refractivity contribution in [3.05, 3.63) is 46.8 Å². The second-order valence-corrected chi connectivity index (χ2v) is 13.0. The summed E-state index contributed by atoms with van der Waals surface area (Å²) in [6, 6.07) is 9.67. The van der Waals surface area contributed by atoms with Crippen molar-refractivity contribution in [2.24, 2.45) is 22.7 Å². The van der Waals surface area contributed by atoms with Crippen LogP contribution in [-0.2, 0) is 11.8 Å². The first-order valence-electron chi connectivity index (χ1n) is 13.6. The molecule has 7 atom stereocenters. The number of piperidine rings is 1. The molecule has 0 radical (unpaired) electrons. The van der Waals surface area contributed by atoms with Crippen LogP contribution in [0.4, 0.5) is 5.95 Å². The maximum atomic E-state index is 10.7. The Morgan fingerprint density at radius 3 is 2.69 bits per heavy atom. The van der Waals surface area contributed by atoms with Gasteiger partial charge in [0.2, 0.25) is 5.95 Å². The number of likely N-dealkylation sites (tertiary alicyclic amines) is 1. The SMILES string of the molecule is Cc1cc(C)nc(N2C[C@H]3CC45CCC2C3C42c3cc(O)ccc3CC23CN(CCN(C)C)C53)n1. The lowest BCUT2D eigenvalue weighted by atomic mass is 9.27. The van der Waals surface area contributed by atoms with E-state index < -0.39 is 0 Å². The number of phenols is 1. The van der Waals surface area contributed by atoms with Gasteiger partial charge in [-0.2, -0.15) is 0 Å². The molecule has 5 fully saturated rings. The number of anilines is 1. The predicted molar refractivity (Wildman–Crippen MR) is 136 cm³/mol. The van der Waals surface area contributed by atoms with Crippen LogP contribution in [-0.4, -0.2) is 77.2 Å². The van der Waals surface area contributed by atoms with E-state index in [1.807, 2.05) is 6.07 Å². The largest absolute Gasteiger partial charge is 0.508 e. The van der Waals surface area contributed by atoms with E-state index in [-0.39, 0.29) is 5.41 Å². The summed E-state index contributed by atoms with van der Waals surface area (Å²) in [7, 11) is 4.39. The lowest BCUT2D eigenvalue weighted by Gasteiger charge is -2.84. The predicted octanol–water partition coefficient (Wildman–Crippen LogP) is 3.14. The first-order chi connectivity index (χ1) is 16.8. The highest BCUT2D eigenvalue weighted by Crippen LogP contribution is 2.90. The molecule has 1 N–H and O–H groups in total. The number of hydrogen-bond acceptors (Lipinski definition) is 6. The van der Waals surface area contributed by atoms with Crippen molar-refractivity contribution in [2.75, 3.05) is 45.2 Å². The molecule has 8 rings (SSSR count). The van der Waals surface area contributed by atoms with Gasteiger partial charge in [0.1, 0.15) is 5.75 Å². The van der Waals surface area contributed by atoms with Gasteiger partial charge >= 0.3 is 0 Å². The summed E-state index contributed by atoms with van der Waals surface area (Å²) in [5.74, 6) is 2.74. The number of aromatic nitrogens is 2. The Bertz CT molecular complexity index is 1240. The van der Waals surface area contributed by atoms with E-state index in [1.54, 1.807) is 0 Å². The molecule has 2 aliphatic heterocycles. The molecule has 2 bridgehead atoms. The summed E-state index contributed by atoms with van der Waals surface area (Å²) in [6.45, 7) is 8.82. The van der Waals surface area contributed by atoms with Crippen LogP contribution < -0.4 is 4.90 Å². The molecule has 3 heterocycles. The molecule has 2 saturated heterocycles. The van der Waals surface area contributed by atoms with Gasteiger partial charge in [0.05, 0.1) is 0 Å². The minimum atomic E-state index is 0.217. The van der Waals surface area contributed by atoms with E-state index in [2.05, 4.69) is 60.8 Å². The van der Waals surface area contributed by atoms with Crippen molar-refractivity contribution < 1.29 is 5.11 Å². The molecule has 2 aromatic rings. The second-order valence-electron chi connectivity index (χ2n) is 13.0. The molecule has 2 spiro atoms. The highest BCUT2D eigenvalue weighted by Gasteiger charge is 2.93. The topological polar surface area (TPSA) is 55.7 Å². The fraction of sp³-hybridized carbons (Fsp3) is 0.655. The summed E-state index contributed by atoms with van der Waals surface area (Å²) >= 11 is 0. The van der Waals surface area contributed by atoms with Crippen LogP contribution in [0.3, 0.4) is 0 Å². The summed E-state index contributed by atoms with van der Waals surface area (Å²) in [4.78, 5) is 17.6. The summed E-state index contributed by atoms with van der Waals surface area (Å²) in [6.07, 6.45) is 5.08. The molecular formula is C29H37N5O. The Morgan fingerprint density at radius 1 is 1.11 bits per heavy atom. The van der Waals surface area contributed by atoms with Gasteiger partial charge in [0, 0.05) is 60.5 Å². The molecule has 3 saturated carbocycles. The van der Waals surface area contributed by atoms with E-state index in [9.17, 15) is 5.11 Å².